The molecular formula is C20H29F2N3O. The number of piperidine rings is 1. The normalized spacial score (nSPS) is 25.2. The van der Waals surface area contributed by atoms with E-state index in [4.69, 9.17) is 0 Å². The number of benzene rings is 1. The molecular weight excluding hydrogens is 336 g/mol. The van der Waals surface area contributed by atoms with Gasteiger partial charge < -0.3 is 10.6 Å². The Morgan fingerprint density at radius 3 is 2.88 bits per heavy atom. The van der Waals surface area contributed by atoms with Gasteiger partial charge in [-0.25, -0.2) is 8.78 Å². The zero-order chi connectivity index (χ0) is 18.5. The van der Waals surface area contributed by atoms with Crippen LogP contribution < -0.4 is 10.6 Å². The summed E-state index contributed by atoms with van der Waals surface area (Å²) in [6, 6.07) is 3.76. The van der Waals surface area contributed by atoms with Crippen LogP contribution >= 0.6 is 0 Å². The lowest BCUT2D eigenvalue weighted by Gasteiger charge is -2.38. The maximum Gasteiger partial charge on any atom is 0.237 e. The Kier molecular flexibility index (Phi) is 6.59. The topological polar surface area (TPSA) is 44.4 Å². The molecule has 3 rings (SSSR count). The third kappa shape index (κ3) is 4.60. The van der Waals surface area contributed by atoms with E-state index in [0.717, 1.165) is 57.8 Å². The minimum absolute atomic E-state index is 0.0496. The van der Waals surface area contributed by atoms with E-state index >= 15 is 0 Å². The number of nitrogens with zero attached hydrogens (tertiary/aromatic N) is 1. The molecule has 1 amide bonds. The molecule has 2 fully saturated rings. The van der Waals surface area contributed by atoms with Gasteiger partial charge in [0.25, 0.3) is 0 Å². The van der Waals surface area contributed by atoms with Crippen molar-refractivity contribution < 1.29 is 13.6 Å². The lowest BCUT2D eigenvalue weighted by molar-refractivity contribution is -0.123. The average molecular weight is 365 g/mol. The predicted octanol–water partition coefficient (Wildman–Crippen LogP) is 3.00. The smallest absolute Gasteiger partial charge is 0.237 e. The zero-order valence-electron chi connectivity index (χ0n) is 15.4. The third-order valence-corrected chi connectivity index (χ3v) is 5.64. The fraction of sp³-hybridized carbons (Fsp3) is 0.650. The van der Waals surface area contributed by atoms with Gasteiger partial charge in [-0.05, 0) is 57.2 Å². The second-order valence-electron chi connectivity index (χ2n) is 7.49. The van der Waals surface area contributed by atoms with E-state index in [1.54, 1.807) is 6.07 Å². The second-order valence-corrected chi connectivity index (χ2v) is 7.49. The molecule has 0 radical (unpaired) electrons. The fourth-order valence-electron chi connectivity index (χ4n) is 4.27. The maximum atomic E-state index is 14.2. The molecule has 6 heteroatoms. The summed E-state index contributed by atoms with van der Waals surface area (Å²) in [4.78, 5) is 14.5. The minimum atomic E-state index is -0.541. The van der Waals surface area contributed by atoms with Gasteiger partial charge >= 0.3 is 0 Å². The summed E-state index contributed by atoms with van der Waals surface area (Å²) in [5.41, 5.74) is 0.564. The lowest BCUT2D eigenvalue weighted by atomic mass is 9.93. The highest BCUT2D eigenvalue weighted by atomic mass is 19.1. The number of halogens is 2. The van der Waals surface area contributed by atoms with Crippen LogP contribution in [-0.4, -0.2) is 43.0 Å². The first kappa shape index (κ1) is 19.2. The number of carbonyl (C=O) groups excluding carboxylic acids is 1. The van der Waals surface area contributed by atoms with Crippen molar-refractivity contribution in [2.24, 2.45) is 5.92 Å². The van der Waals surface area contributed by atoms with Crippen LogP contribution in [-0.2, 0) is 4.79 Å². The molecule has 3 atom stereocenters. The van der Waals surface area contributed by atoms with Crippen LogP contribution in [0.1, 0.15) is 50.6 Å². The van der Waals surface area contributed by atoms with Gasteiger partial charge in [-0.2, -0.15) is 0 Å². The van der Waals surface area contributed by atoms with Crippen molar-refractivity contribution in [3.05, 3.63) is 35.4 Å². The van der Waals surface area contributed by atoms with Crippen LogP contribution in [0.25, 0.3) is 0 Å². The number of hydrogen-bond acceptors (Lipinski definition) is 3. The molecule has 2 saturated heterocycles. The van der Waals surface area contributed by atoms with Gasteiger partial charge in [0, 0.05) is 30.8 Å². The fourth-order valence-corrected chi connectivity index (χ4v) is 4.27. The number of nitrogens with one attached hydrogen (secondary N) is 2. The van der Waals surface area contributed by atoms with Crippen LogP contribution in [0, 0.1) is 17.6 Å². The van der Waals surface area contributed by atoms with E-state index in [-0.39, 0.29) is 18.0 Å². The van der Waals surface area contributed by atoms with Crippen molar-refractivity contribution in [3.63, 3.8) is 0 Å². The van der Waals surface area contributed by atoms with Crippen molar-refractivity contribution >= 4 is 5.91 Å². The van der Waals surface area contributed by atoms with Gasteiger partial charge in [-0.1, -0.05) is 13.0 Å². The summed E-state index contributed by atoms with van der Waals surface area (Å²) in [6.45, 7) is 5.34. The first-order valence-electron chi connectivity index (χ1n) is 9.78. The number of hydrogen-bond donors (Lipinski definition) is 2. The summed E-state index contributed by atoms with van der Waals surface area (Å²) in [7, 11) is 0. The molecule has 2 N–H and O–H groups in total. The average Bonchev–Trinajstić information content (AvgIpc) is 3.17. The van der Waals surface area contributed by atoms with Gasteiger partial charge in [0.05, 0.1) is 6.04 Å². The van der Waals surface area contributed by atoms with Crippen molar-refractivity contribution in [2.75, 3.05) is 26.2 Å². The Labute approximate surface area is 154 Å². The quantitative estimate of drug-likeness (QED) is 0.815. The standard InChI is InChI=1S/C20H29F2N3O/c1-2-19(16-8-7-15(21)11-17(16)22)25-10-4-5-14(13-25)12-24-20(26)18-6-3-9-23-18/h7-8,11,14,18-19,23H,2-6,9-10,12-13H2,1H3,(H,24,26). The van der Waals surface area contributed by atoms with Crippen molar-refractivity contribution in [2.45, 2.75) is 51.1 Å². The predicted molar refractivity (Wildman–Crippen MR) is 97.7 cm³/mol. The molecule has 0 bridgehead atoms. The SMILES string of the molecule is CCC(c1ccc(F)cc1F)N1CCCC(CNC(=O)C2CCCN2)C1. The molecule has 0 saturated carbocycles. The Morgan fingerprint density at radius 2 is 2.19 bits per heavy atom. The highest BCUT2D eigenvalue weighted by Gasteiger charge is 2.29. The van der Waals surface area contributed by atoms with E-state index in [0.29, 0.717) is 18.0 Å². The molecule has 2 heterocycles. The summed E-state index contributed by atoms with van der Waals surface area (Å²) < 4.78 is 27.5. The number of amides is 1. The lowest BCUT2D eigenvalue weighted by Crippen LogP contribution is -2.46. The van der Waals surface area contributed by atoms with E-state index in [1.807, 2.05) is 6.92 Å². The van der Waals surface area contributed by atoms with Crippen LogP contribution in [0.15, 0.2) is 18.2 Å². The summed E-state index contributed by atoms with van der Waals surface area (Å²) in [5, 5.41) is 6.30. The zero-order valence-corrected chi connectivity index (χ0v) is 15.4. The summed E-state index contributed by atoms with van der Waals surface area (Å²) in [6.07, 6.45) is 4.83. The molecule has 3 unspecified atom stereocenters. The molecule has 1 aromatic carbocycles. The number of likely N-dealkylation sites (tertiary alicyclic amines) is 1. The molecule has 26 heavy (non-hydrogen) atoms. The van der Waals surface area contributed by atoms with E-state index < -0.39 is 11.6 Å². The summed E-state index contributed by atoms with van der Waals surface area (Å²) in [5.74, 6) is -0.552. The second kappa shape index (κ2) is 8.91. The van der Waals surface area contributed by atoms with Gasteiger partial charge in [-0.3, -0.25) is 9.69 Å². The minimum Gasteiger partial charge on any atom is -0.354 e. The van der Waals surface area contributed by atoms with Crippen LogP contribution in [0.2, 0.25) is 0 Å². The van der Waals surface area contributed by atoms with Gasteiger partial charge in [0.1, 0.15) is 11.6 Å². The molecule has 0 aliphatic carbocycles. The highest BCUT2D eigenvalue weighted by molar-refractivity contribution is 5.81. The Morgan fingerprint density at radius 1 is 1.35 bits per heavy atom. The molecule has 2 aliphatic rings. The molecule has 1 aromatic rings. The van der Waals surface area contributed by atoms with Crippen molar-refractivity contribution in [1.82, 2.24) is 15.5 Å². The molecule has 0 spiro atoms. The third-order valence-electron chi connectivity index (χ3n) is 5.64. The van der Waals surface area contributed by atoms with Crippen molar-refractivity contribution in [1.29, 1.82) is 0 Å². The van der Waals surface area contributed by atoms with Crippen molar-refractivity contribution in [3.8, 4) is 0 Å². The molecule has 0 aromatic heterocycles. The van der Waals surface area contributed by atoms with Gasteiger partial charge in [0.2, 0.25) is 5.91 Å². The van der Waals surface area contributed by atoms with E-state index in [9.17, 15) is 13.6 Å². The van der Waals surface area contributed by atoms with Gasteiger partial charge in [0.15, 0.2) is 0 Å². The molecule has 144 valence electrons. The highest BCUT2D eigenvalue weighted by Crippen LogP contribution is 2.31. The largest absolute Gasteiger partial charge is 0.354 e. The Hall–Kier alpha value is -1.53. The van der Waals surface area contributed by atoms with Gasteiger partial charge in [-0.15, -0.1) is 0 Å². The van der Waals surface area contributed by atoms with Crippen LogP contribution in [0.3, 0.4) is 0 Å². The van der Waals surface area contributed by atoms with E-state index in [2.05, 4.69) is 15.5 Å². The number of rotatable bonds is 6. The monoisotopic (exact) mass is 365 g/mol. The van der Waals surface area contributed by atoms with Crippen LogP contribution in [0.4, 0.5) is 8.78 Å². The first-order chi connectivity index (χ1) is 12.6. The maximum absolute atomic E-state index is 14.2. The van der Waals surface area contributed by atoms with Crippen LogP contribution in [0.5, 0.6) is 0 Å². The molecule has 4 nitrogen and oxygen atoms in total. The molecule has 2 aliphatic heterocycles. The Bertz CT molecular complexity index is 619. The number of carbonyl (C=O) groups is 1. The Balaban J connectivity index is 1.58. The van der Waals surface area contributed by atoms with E-state index in [1.165, 1.54) is 6.07 Å². The first-order valence-corrected chi connectivity index (χ1v) is 9.78. The summed E-state index contributed by atoms with van der Waals surface area (Å²) >= 11 is 0.